The zero-order valence-electron chi connectivity index (χ0n) is 21.3. The first-order chi connectivity index (χ1) is 13.4. The average molecular weight is 516 g/mol. The minimum atomic E-state index is -2.38. The second kappa shape index (κ2) is 12.9. The van der Waals surface area contributed by atoms with Crippen LogP contribution in [0.25, 0.3) is 0 Å². The molecule has 0 bridgehead atoms. The van der Waals surface area contributed by atoms with Crippen molar-refractivity contribution in [3.8, 4) is 0 Å². The largest absolute Gasteiger partial charge is 0.437 e. The molecule has 0 aromatic carbocycles. The smallest absolute Gasteiger partial charge is 0.314 e. The van der Waals surface area contributed by atoms with Crippen molar-refractivity contribution >= 4 is 42.3 Å². The molecule has 0 atom stereocenters. The lowest BCUT2D eigenvalue weighted by molar-refractivity contribution is 0.0211. The molecule has 181 valence electrons. The Hall–Kier alpha value is 0.804. The summed E-state index contributed by atoms with van der Waals surface area (Å²) in [5.74, 6) is 0. The third kappa shape index (κ3) is 17.4. The standard InChI is InChI=1S/C18H47O7Si5/c1-26(2,3)22-28(6,7)24-30(10,11)25-29(8,9)23-27(4,5)18-12-14-20-16-17-21-15-13-19/h12-18H2,1-11H3. The van der Waals surface area contributed by atoms with E-state index in [4.69, 9.17) is 25.9 Å². The molecule has 0 amide bonds. The van der Waals surface area contributed by atoms with E-state index in [-0.39, 0.29) is 13.2 Å². The lowest BCUT2D eigenvalue weighted by Crippen LogP contribution is -2.58. The van der Waals surface area contributed by atoms with Crippen LogP contribution in [0, 0.1) is 0 Å². The van der Waals surface area contributed by atoms with Gasteiger partial charge in [-0.3, -0.25) is 0 Å². The van der Waals surface area contributed by atoms with Crippen LogP contribution in [0.4, 0.5) is 0 Å². The van der Waals surface area contributed by atoms with Gasteiger partial charge in [0.25, 0.3) is 0 Å². The van der Waals surface area contributed by atoms with Crippen LogP contribution in [0.15, 0.2) is 0 Å². The topological polar surface area (TPSA) is 75.3 Å². The molecule has 0 fully saturated rings. The monoisotopic (exact) mass is 515 g/mol. The van der Waals surface area contributed by atoms with Gasteiger partial charge in [0.2, 0.25) is 0 Å². The Morgan fingerprint density at radius 2 is 0.967 bits per heavy atom. The van der Waals surface area contributed by atoms with Gasteiger partial charge in [0, 0.05) is 6.61 Å². The summed E-state index contributed by atoms with van der Waals surface area (Å²) in [6.07, 6.45) is 0.951. The maximum atomic E-state index is 10.3. The van der Waals surface area contributed by atoms with E-state index < -0.39 is 42.3 Å². The van der Waals surface area contributed by atoms with Gasteiger partial charge < -0.3 is 25.9 Å². The third-order valence-electron chi connectivity index (χ3n) is 3.72. The molecule has 30 heavy (non-hydrogen) atoms. The molecule has 0 aliphatic heterocycles. The van der Waals surface area contributed by atoms with Crippen LogP contribution >= 0.6 is 0 Å². The van der Waals surface area contributed by atoms with Crippen LogP contribution in [0.5, 0.6) is 0 Å². The van der Waals surface area contributed by atoms with Crippen LogP contribution < -0.4 is 0 Å². The van der Waals surface area contributed by atoms with Gasteiger partial charge in [0.15, 0.2) is 16.6 Å². The van der Waals surface area contributed by atoms with Crippen molar-refractivity contribution in [2.24, 2.45) is 0 Å². The summed E-state index contributed by atoms with van der Waals surface area (Å²) in [6.45, 7) is 25.5. The van der Waals surface area contributed by atoms with Gasteiger partial charge in [-0.05, 0) is 84.5 Å². The third-order valence-corrected chi connectivity index (χ3v) is 21.7. The van der Waals surface area contributed by atoms with Crippen LogP contribution in [0.2, 0.25) is 78.1 Å². The lowest BCUT2D eigenvalue weighted by atomic mass is 10.5. The SMILES string of the molecule is C[Si](C)(C)O[Si](C)(C)O[Si](C)(C)O[Si](C)(C)O[Si](C)(C)CCCOCCOCC[O]. The molecule has 0 unspecified atom stereocenters. The predicted molar refractivity (Wildman–Crippen MR) is 134 cm³/mol. The van der Waals surface area contributed by atoms with Gasteiger partial charge in [0.05, 0.1) is 19.8 Å². The maximum absolute atomic E-state index is 10.3. The molecule has 0 N–H and O–H groups in total. The summed E-state index contributed by atoms with van der Waals surface area (Å²) < 4.78 is 36.7. The zero-order chi connectivity index (χ0) is 23.7. The van der Waals surface area contributed by atoms with E-state index in [1.54, 1.807) is 0 Å². The first-order valence-corrected chi connectivity index (χ1v) is 25.9. The van der Waals surface area contributed by atoms with Crippen molar-refractivity contribution in [1.29, 1.82) is 0 Å². The van der Waals surface area contributed by atoms with Crippen molar-refractivity contribution in [2.75, 3.05) is 33.0 Å². The molecular formula is C18H47O7Si5. The normalized spacial score (nSPS) is 14.4. The molecule has 0 spiro atoms. The Labute approximate surface area is 190 Å². The van der Waals surface area contributed by atoms with E-state index in [1.807, 2.05) is 0 Å². The average Bonchev–Trinajstić information content (AvgIpc) is 2.43. The summed E-state index contributed by atoms with van der Waals surface area (Å²) in [7, 11) is -10.5. The molecule has 0 aliphatic carbocycles. The van der Waals surface area contributed by atoms with Gasteiger partial charge in [-0.15, -0.1) is 0 Å². The van der Waals surface area contributed by atoms with Crippen LogP contribution in [-0.2, 0) is 31.0 Å². The second-order valence-corrected chi connectivity index (χ2v) is 30.4. The van der Waals surface area contributed by atoms with E-state index >= 15 is 0 Å². The molecule has 0 saturated carbocycles. The van der Waals surface area contributed by atoms with E-state index in [1.165, 1.54) is 0 Å². The van der Waals surface area contributed by atoms with Crippen molar-refractivity contribution in [3.63, 3.8) is 0 Å². The molecule has 0 heterocycles. The molecule has 7 nitrogen and oxygen atoms in total. The van der Waals surface area contributed by atoms with E-state index in [0.29, 0.717) is 19.8 Å². The molecule has 0 aliphatic rings. The molecule has 0 aromatic rings. The molecule has 1 radical (unpaired) electrons. The summed E-state index contributed by atoms with van der Waals surface area (Å²) in [6, 6.07) is 1.01. The zero-order valence-corrected chi connectivity index (χ0v) is 26.3. The Morgan fingerprint density at radius 1 is 0.533 bits per heavy atom. The summed E-state index contributed by atoms with van der Waals surface area (Å²) in [5.41, 5.74) is 0. The summed E-state index contributed by atoms with van der Waals surface area (Å²) in [5, 5.41) is 10.3. The molecular weight excluding hydrogens is 469 g/mol. The number of hydrogen-bond donors (Lipinski definition) is 0. The highest BCUT2D eigenvalue weighted by molar-refractivity contribution is 6.90. The number of rotatable bonds is 17. The highest BCUT2D eigenvalue weighted by Crippen LogP contribution is 2.27. The van der Waals surface area contributed by atoms with E-state index in [2.05, 4.69) is 72.0 Å². The fraction of sp³-hybridized carbons (Fsp3) is 1.00. The van der Waals surface area contributed by atoms with Crippen molar-refractivity contribution < 1.29 is 31.0 Å². The fourth-order valence-corrected chi connectivity index (χ4v) is 27.4. The second-order valence-electron chi connectivity index (χ2n) is 10.5. The van der Waals surface area contributed by atoms with Crippen LogP contribution in [-0.4, -0.2) is 75.4 Å². The highest BCUT2D eigenvalue weighted by Gasteiger charge is 2.45. The Balaban J connectivity index is 4.51. The van der Waals surface area contributed by atoms with Crippen molar-refractivity contribution in [2.45, 2.75) is 84.5 Å². The molecule has 0 rings (SSSR count). The molecule has 0 aromatic heterocycles. The quantitative estimate of drug-likeness (QED) is 0.199. The van der Waals surface area contributed by atoms with Gasteiger partial charge in [-0.2, -0.15) is 0 Å². The van der Waals surface area contributed by atoms with Crippen molar-refractivity contribution in [1.82, 2.24) is 0 Å². The van der Waals surface area contributed by atoms with Gasteiger partial charge >= 0.3 is 25.7 Å². The first kappa shape index (κ1) is 30.8. The van der Waals surface area contributed by atoms with Gasteiger partial charge in [-0.25, -0.2) is 5.11 Å². The number of hydrogen-bond acceptors (Lipinski definition) is 6. The summed E-state index contributed by atoms with van der Waals surface area (Å²) in [4.78, 5) is 0. The van der Waals surface area contributed by atoms with E-state index in [9.17, 15) is 5.11 Å². The molecule has 0 saturated heterocycles. The summed E-state index contributed by atoms with van der Waals surface area (Å²) >= 11 is 0. The van der Waals surface area contributed by atoms with Gasteiger partial charge in [-0.1, -0.05) is 0 Å². The Kier molecular flexibility index (Phi) is 13.2. The van der Waals surface area contributed by atoms with Crippen LogP contribution in [0.3, 0.4) is 0 Å². The van der Waals surface area contributed by atoms with E-state index in [0.717, 1.165) is 12.5 Å². The first-order valence-electron chi connectivity index (χ1n) is 10.9. The van der Waals surface area contributed by atoms with Crippen LogP contribution in [0.1, 0.15) is 6.42 Å². The number of ether oxygens (including phenoxy) is 2. The highest BCUT2D eigenvalue weighted by atomic mass is 28.5. The van der Waals surface area contributed by atoms with Crippen molar-refractivity contribution in [3.05, 3.63) is 0 Å². The fourth-order valence-electron chi connectivity index (χ4n) is 3.68. The van der Waals surface area contributed by atoms with Gasteiger partial charge in [0.1, 0.15) is 6.61 Å². The minimum Gasteiger partial charge on any atom is -0.437 e. The Bertz CT molecular complexity index is 482. The molecule has 12 heteroatoms. The minimum absolute atomic E-state index is 0.200. The maximum Gasteiger partial charge on any atom is 0.314 e. The Morgan fingerprint density at radius 3 is 1.43 bits per heavy atom. The lowest BCUT2D eigenvalue weighted by Gasteiger charge is -2.42. The predicted octanol–water partition coefficient (Wildman–Crippen LogP) is 5.05.